The smallest absolute Gasteiger partial charge is 0.138 e. The molecular formula is C12H18N4S. The Hall–Kier alpha value is -1.20. The van der Waals surface area contributed by atoms with Crippen LogP contribution in [0.2, 0.25) is 0 Å². The molecule has 2 rings (SSSR count). The minimum Gasteiger partial charge on any atom is -0.327 e. The molecule has 1 unspecified atom stereocenters. The molecule has 2 heterocycles. The zero-order valence-electron chi connectivity index (χ0n) is 10.2. The Bertz CT molecular complexity index is 447. The summed E-state index contributed by atoms with van der Waals surface area (Å²) in [6, 6.07) is 2.56. The van der Waals surface area contributed by atoms with E-state index in [9.17, 15) is 0 Å². The number of nitrogens with zero attached hydrogens (tertiary/aromatic N) is 3. The summed E-state index contributed by atoms with van der Waals surface area (Å²) in [4.78, 5) is 4.28. The molecule has 0 bridgehead atoms. The first-order valence-electron chi connectivity index (χ1n) is 5.82. The van der Waals surface area contributed by atoms with Gasteiger partial charge in [0.2, 0.25) is 0 Å². The average Bonchev–Trinajstić information content (AvgIpc) is 2.88. The lowest BCUT2D eigenvalue weighted by Gasteiger charge is -2.13. The van der Waals surface area contributed by atoms with E-state index in [1.54, 1.807) is 17.7 Å². The van der Waals surface area contributed by atoms with Crippen molar-refractivity contribution >= 4 is 11.3 Å². The summed E-state index contributed by atoms with van der Waals surface area (Å²) in [5.41, 5.74) is 7.45. The lowest BCUT2D eigenvalue weighted by molar-refractivity contribution is 0.490. The molecule has 0 aliphatic carbocycles. The van der Waals surface area contributed by atoms with Gasteiger partial charge in [0, 0.05) is 18.5 Å². The van der Waals surface area contributed by atoms with Gasteiger partial charge in [-0.3, -0.25) is 0 Å². The van der Waals surface area contributed by atoms with Gasteiger partial charge in [-0.25, -0.2) is 9.67 Å². The Labute approximate surface area is 105 Å². The van der Waals surface area contributed by atoms with E-state index in [4.69, 9.17) is 5.73 Å². The van der Waals surface area contributed by atoms with Gasteiger partial charge in [0.15, 0.2) is 0 Å². The monoisotopic (exact) mass is 250 g/mol. The van der Waals surface area contributed by atoms with Crippen molar-refractivity contribution in [2.75, 3.05) is 0 Å². The first-order valence-corrected chi connectivity index (χ1v) is 6.76. The van der Waals surface area contributed by atoms with Gasteiger partial charge >= 0.3 is 0 Å². The summed E-state index contributed by atoms with van der Waals surface area (Å²) in [6.07, 6.45) is 3.27. The van der Waals surface area contributed by atoms with Crippen molar-refractivity contribution in [3.63, 3.8) is 0 Å². The molecule has 2 aromatic heterocycles. The molecule has 0 saturated heterocycles. The molecule has 4 nitrogen and oxygen atoms in total. The Morgan fingerprint density at radius 1 is 1.41 bits per heavy atom. The highest BCUT2D eigenvalue weighted by Crippen LogP contribution is 2.11. The van der Waals surface area contributed by atoms with Gasteiger partial charge in [-0.1, -0.05) is 0 Å². The van der Waals surface area contributed by atoms with Crippen LogP contribution in [0.4, 0.5) is 0 Å². The molecule has 5 heteroatoms. The number of hydrogen-bond acceptors (Lipinski definition) is 4. The van der Waals surface area contributed by atoms with Gasteiger partial charge in [-0.15, -0.1) is 0 Å². The van der Waals surface area contributed by atoms with E-state index in [2.05, 4.69) is 40.8 Å². The Balaban J connectivity index is 1.98. The number of aromatic nitrogens is 3. The van der Waals surface area contributed by atoms with Crippen molar-refractivity contribution in [3.8, 4) is 0 Å². The molecule has 2 aromatic rings. The van der Waals surface area contributed by atoms with Crippen LogP contribution in [0.1, 0.15) is 31.3 Å². The van der Waals surface area contributed by atoms with Crippen LogP contribution >= 0.6 is 11.3 Å². The van der Waals surface area contributed by atoms with Crippen LogP contribution in [0, 0.1) is 0 Å². The number of thiophene rings is 1. The number of nitrogens with two attached hydrogens (primary N) is 1. The van der Waals surface area contributed by atoms with Crippen LogP contribution in [-0.4, -0.2) is 20.8 Å². The molecule has 17 heavy (non-hydrogen) atoms. The molecule has 0 spiro atoms. The van der Waals surface area contributed by atoms with Gasteiger partial charge in [0.25, 0.3) is 0 Å². The summed E-state index contributed by atoms with van der Waals surface area (Å²) in [7, 11) is 0. The highest BCUT2D eigenvalue weighted by atomic mass is 32.1. The van der Waals surface area contributed by atoms with Crippen LogP contribution in [-0.2, 0) is 12.8 Å². The van der Waals surface area contributed by atoms with Gasteiger partial charge in [0.05, 0.1) is 0 Å². The van der Waals surface area contributed by atoms with Crippen LogP contribution in [0.3, 0.4) is 0 Å². The molecule has 2 N–H and O–H groups in total. The second kappa shape index (κ2) is 5.42. The molecule has 0 radical (unpaired) electrons. The number of rotatable bonds is 5. The Morgan fingerprint density at radius 3 is 2.88 bits per heavy atom. The normalized spacial score (nSPS) is 13.2. The van der Waals surface area contributed by atoms with Gasteiger partial charge in [-0.05, 0) is 42.7 Å². The highest BCUT2D eigenvalue weighted by Gasteiger charge is 2.12. The van der Waals surface area contributed by atoms with Crippen molar-refractivity contribution in [1.82, 2.24) is 14.8 Å². The maximum atomic E-state index is 6.15. The third kappa shape index (κ3) is 3.14. The van der Waals surface area contributed by atoms with Crippen molar-refractivity contribution in [2.45, 2.75) is 38.8 Å². The van der Waals surface area contributed by atoms with Gasteiger partial charge in [-0.2, -0.15) is 16.4 Å². The van der Waals surface area contributed by atoms with Crippen LogP contribution in [0.15, 0.2) is 23.2 Å². The Kier molecular flexibility index (Phi) is 3.91. The fourth-order valence-electron chi connectivity index (χ4n) is 1.87. The molecule has 0 saturated carbocycles. The number of hydrogen-bond donors (Lipinski definition) is 1. The molecule has 1 atom stereocenters. The van der Waals surface area contributed by atoms with Crippen LogP contribution < -0.4 is 5.73 Å². The predicted octanol–water partition coefficient (Wildman–Crippen LogP) is 2.03. The maximum absolute atomic E-state index is 6.15. The summed E-state index contributed by atoms with van der Waals surface area (Å²) >= 11 is 1.71. The first kappa shape index (κ1) is 12.3. The van der Waals surface area contributed by atoms with Crippen LogP contribution in [0.5, 0.6) is 0 Å². The summed E-state index contributed by atoms with van der Waals surface area (Å²) in [6.45, 7) is 4.20. The van der Waals surface area contributed by atoms with Crippen molar-refractivity contribution in [2.24, 2.45) is 5.73 Å². The van der Waals surface area contributed by atoms with E-state index in [0.29, 0.717) is 6.04 Å². The maximum Gasteiger partial charge on any atom is 0.138 e. The van der Waals surface area contributed by atoms with Gasteiger partial charge < -0.3 is 5.73 Å². The minimum absolute atomic E-state index is 0.103. The quantitative estimate of drug-likeness (QED) is 0.883. The van der Waals surface area contributed by atoms with E-state index in [1.807, 2.05) is 4.68 Å². The van der Waals surface area contributed by atoms with E-state index in [1.165, 1.54) is 5.56 Å². The molecule has 0 aromatic carbocycles. The first-order chi connectivity index (χ1) is 8.16. The molecule has 0 aliphatic heterocycles. The van der Waals surface area contributed by atoms with E-state index < -0.39 is 0 Å². The molecular weight excluding hydrogens is 232 g/mol. The van der Waals surface area contributed by atoms with Crippen molar-refractivity contribution in [1.29, 1.82) is 0 Å². The fraction of sp³-hybridized carbons (Fsp3) is 0.500. The SMILES string of the molecule is CC(C)n1ncnc1CC(N)Cc1ccsc1. The zero-order valence-corrected chi connectivity index (χ0v) is 11.0. The largest absolute Gasteiger partial charge is 0.327 e. The molecule has 0 fully saturated rings. The fourth-order valence-corrected chi connectivity index (χ4v) is 2.55. The lowest BCUT2D eigenvalue weighted by Crippen LogP contribution is -2.27. The molecule has 0 amide bonds. The van der Waals surface area contributed by atoms with Crippen molar-refractivity contribution in [3.05, 3.63) is 34.5 Å². The molecule has 92 valence electrons. The third-order valence-corrected chi connectivity index (χ3v) is 3.39. The third-order valence-electron chi connectivity index (χ3n) is 2.66. The summed E-state index contributed by atoms with van der Waals surface area (Å²) in [5.74, 6) is 0.975. The van der Waals surface area contributed by atoms with E-state index in [0.717, 1.165) is 18.7 Å². The molecule has 0 aliphatic rings. The second-order valence-electron chi connectivity index (χ2n) is 4.51. The Morgan fingerprint density at radius 2 is 2.24 bits per heavy atom. The standard InChI is InChI=1S/C12H18N4S/c1-9(2)16-12(14-8-15-16)6-11(13)5-10-3-4-17-7-10/h3-4,7-9,11H,5-6,13H2,1-2H3. The minimum atomic E-state index is 0.103. The second-order valence-corrected chi connectivity index (χ2v) is 5.29. The predicted molar refractivity (Wildman–Crippen MR) is 70.1 cm³/mol. The van der Waals surface area contributed by atoms with Crippen molar-refractivity contribution < 1.29 is 0 Å². The topological polar surface area (TPSA) is 56.7 Å². The zero-order chi connectivity index (χ0) is 12.3. The average molecular weight is 250 g/mol. The highest BCUT2D eigenvalue weighted by molar-refractivity contribution is 7.07. The summed E-state index contributed by atoms with van der Waals surface area (Å²) in [5, 5.41) is 8.45. The van der Waals surface area contributed by atoms with Gasteiger partial charge in [0.1, 0.15) is 12.2 Å². The van der Waals surface area contributed by atoms with Crippen LogP contribution in [0.25, 0.3) is 0 Å². The summed E-state index contributed by atoms with van der Waals surface area (Å²) < 4.78 is 1.94. The lowest BCUT2D eigenvalue weighted by atomic mass is 10.1. The van der Waals surface area contributed by atoms with E-state index in [-0.39, 0.29) is 6.04 Å². The van der Waals surface area contributed by atoms with E-state index >= 15 is 0 Å².